The summed E-state index contributed by atoms with van der Waals surface area (Å²) in [6.45, 7) is 19.0. The molecule has 32 heavy (non-hydrogen) atoms. The summed E-state index contributed by atoms with van der Waals surface area (Å²) in [5.74, 6) is 0.342. The van der Waals surface area contributed by atoms with Crippen LogP contribution in [0.25, 0.3) is 0 Å². The van der Waals surface area contributed by atoms with E-state index in [1.807, 2.05) is 38.1 Å². The van der Waals surface area contributed by atoms with Crippen LogP contribution < -0.4 is 11.1 Å². The Hall–Kier alpha value is -0.710. The van der Waals surface area contributed by atoms with E-state index in [2.05, 4.69) is 38.4 Å². The first-order valence-electron chi connectivity index (χ1n) is 11.8. The maximum absolute atomic E-state index is 6.54. The van der Waals surface area contributed by atoms with Crippen molar-refractivity contribution in [2.75, 3.05) is 13.1 Å². The van der Waals surface area contributed by atoms with Gasteiger partial charge in [0.15, 0.2) is 0 Å². The lowest BCUT2D eigenvalue weighted by Crippen LogP contribution is -2.40. The standard InChI is InChI=1S/C25H34Cl2N2S.C2H6/c1-5-17(2)25(11-7-10-24(12-13-25)16-29-15-22(24)28)18(3)14-19(4)30-21-9-6-8-20(26)23(21)27;1-2/h5-6,8-9,14,18,22,29H,1-2,7,10-13,15-16,28H2,3-4H3;1-2H3/b19-14+;. The number of benzene rings is 1. The van der Waals surface area contributed by atoms with Crippen molar-refractivity contribution in [1.29, 1.82) is 0 Å². The lowest BCUT2D eigenvalue weighted by atomic mass is 9.65. The third kappa shape index (κ3) is 5.85. The molecule has 3 rings (SSSR count). The van der Waals surface area contributed by atoms with Crippen molar-refractivity contribution in [2.24, 2.45) is 22.5 Å². The average Bonchev–Trinajstić information content (AvgIpc) is 3.02. The highest BCUT2D eigenvalue weighted by molar-refractivity contribution is 8.03. The van der Waals surface area contributed by atoms with Crippen molar-refractivity contribution in [1.82, 2.24) is 5.32 Å². The van der Waals surface area contributed by atoms with Gasteiger partial charge in [0.25, 0.3) is 0 Å². The molecule has 178 valence electrons. The van der Waals surface area contributed by atoms with E-state index in [4.69, 9.17) is 28.9 Å². The highest BCUT2D eigenvalue weighted by Gasteiger charge is 2.47. The van der Waals surface area contributed by atoms with Crippen LogP contribution >= 0.6 is 35.0 Å². The summed E-state index contributed by atoms with van der Waals surface area (Å²) in [6, 6.07) is 6.03. The zero-order chi connectivity index (χ0) is 23.9. The van der Waals surface area contributed by atoms with E-state index in [0.717, 1.165) is 42.8 Å². The first kappa shape index (κ1) is 27.5. The Morgan fingerprint density at radius 1 is 1.25 bits per heavy atom. The second-order valence-electron chi connectivity index (χ2n) is 9.06. The smallest absolute Gasteiger partial charge is 0.0731 e. The monoisotopic (exact) mass is 494 g/mol. The molecule has 1 spiro atoms. The second kappa shape index (κ2) is 12.1. The molecule has 2 nitrogen and oxygen atoms in total. The Morgan fingerprint density at radius 3 is 2.59 bits per heavy atom. The minimum atomic E-state index is 0.0213. The number of rotatable bonds is 6. The third-order valence-electron chi connectivity index (χ3n) is 7.42. The van der Waals surface area contributed by atoms with Gasteiger partial charge in [-0.2, -0.15) is 0 Å². The molecule has 3 N–H and O–H groups in total. The van der Waals surface area contributed by atoms with Gasteiger partial charge in [-0.3, -0.25) is 0 Å². The Kier molecular flexibility index (Phi) is 10.4. The van der Waals surface area contributed by atoms with Crippen LogP contribution in [0.5, 0.6) is 0 Å². The molecule has 5 heteroatoms. The fourth-order valence-electron chi connectivity index (χ4n) is 5.40. The van der Waals surface area contributed by atoms with Crippen molar-refractivity contribution in [3.05, 3.63) is 64.0 Å². The van der Waals surface area contributed by atoms with E-state index in [1.165, 1.54) is 17.7 Å². The first-order chi connectivity index (χ1) is 15.2. The molecule has 2 aliphatic rings. The van der Waals surface area contributed by atoms with E-state index >= 15 is 0 Å². The van der Waals surface area contributed by atoms with Crippen molar-refractivity contribution >= 4 is 35.0 Å². The summed E-state index contributed by atoms with van der Waals surface area (Å²) >= 11 is 14.3. The van der Waals surface area contributed by atoms with Gasteiger partial charge in [-0.15, -0.1) is 0 Å². The van der Waals surface area contributed by atoms with Gasteiger partial charge in [-0.25, -0.2) is 0 Å². The van der Waals surface area contributed by atoms with E-state index in [1.54, 1.807) is 11.8 Å². The van der Waals surface area contributed by atoms with Crippen LogP contribution in [0.1, 0.15) is 59.8 Å². The van der Waals surface area contributed by atoms with Crippen LogP contribution in [-0.2, 0) is 0 Å². The number of hydrogen-bond acceptors (Lipinski definition) is 3. The lowest BCUT2D eigenvalue weighted by Gasteiger charge is -2.40. The SMILES string of the molecule is C=CC(=C)C1(C(C)/C=C(\C)Sc2cccc(Cl)c2Cl)CCCC2(CC1)CNCC2N.CC. The Bertz CT molecular complexity index is 837. The molecule has 0 bridgehead atoms. The van der Waals surface area contributed by atoms with Gasteiger partial charge < -0.3 is 11.1 Å². The Labute approximate surface area is 210 Å². The molecule has 0 aromatic heterocycles. The topological polar surface area (TPSA) is 38.0 Å². The lowest BCUT2D eigenvalue weighted by molar-refractivity contribution is 0.205. The number of thioether (sulfide) groups is 1. The molecule has 0 amide bonds. The average molecular weight is 496 g/mol. The third-order valence-corrected chi connectivity index (χ3v) is 9.37. The molecule has 0 radical (unpaired) electrons. The van der Waals surface area contributed by atoms with Crippen molar-refractivity contribution in [3.8, 4) is 0 Å². The fraction of sp³-hybridized carbons (Fsp3) is 0.556. The van der Waals surface area contributed by atoms with Gasteiger partial charge in [0, 0.05) is 29.4 Å². The zero-order valence-electron chi connectivity index (χ0n) is 20.1. The van der Waals surface area contributed by atoms with Gasteiger partial charge in [0.2, 0.25) is 0 Å². The van der Waals surface area contributed by atoms with Gasteiger partial charge in [0.1, 0.15) is 0 Å². The highest BCUT2D eigenvalue weighted by atomic mass is 35.5. The van der Waals surface area contributed by atoms with Gasteiger partial charge in [-0.05, 0) is 66.6 Å². The van der Waals surface area contributed by atoms with Crippen LogP contribution in [-0.4, -0.2) is 19.1 Å². The van der Waals surface area contributed by atoms with Gasteiger partial charge in [-0.1, -0.05) is 93.5 Å². The molecular formula is C27H40Cl2N2S. The number of halogens is 2. The molecule has 2 fully saturated rings. The molecule has 1 saturated heterocycles. The first-order valence-corrected chi connectivity index (χ1v) is 13.4. The van der Waals surface area contributed by atoms with Crippen LogP contribution in [0.15, 0.2) is 58.9 Å². The van der Waals surface area contributed by atoms with Crippen molar-refractivity contribution in [2.45, 2.75) is 70.7 Å². The maximum atomic E-state index is 6.54. The van der Waals surface area contributed by atoms with E-state index in [0.29, 0.717) is 16.0 Å². The number of nitrogens with two attached hydrogens (primary N) is 1. The normalized spacial score (nSPS) is 29.1. The Balaban J connectivity index is 0.00000176. The second-order valence-corrected chi connectivity index (χ2v) is 11.1. The summed E-state index contributed by atoms with van der Waals surface area (Å²) in [6.07, 6.45) is 10.1. The van der Waals surface area contributed by atoms with Gasteiger partial charge >= 0.3 is 0 Å². The molecular weight excluding hydrogens is 455 g/mol. The fourth-order valence-corrected chi connectivity index (χ4v) is 6.84. The summed E-state index contributed by atoms with van der Waals surface area (Å²) in [4.78, 5) is 2.21. The van der Waals surface area contributed by atoms with Gasteiger partial charge in [0.05, 0.1) is 10.0 Å². The minimum Gasteiger partial charge on any atom is -0.326 e. The zero-order valence-corrected chi connectivity index (χ0v) is 22.5. The van der Waals surface area contributed by atoms with Crippen LogP contribution in [0.2, 0.25) is 10.0 Å². The van der Waals surface area contributed by atoms with E-state index in [9.17, 15) is 0 Å². The molecule has 4 atom stereocenters. The van der Waals surface area contributed by atoms with Crippen molar-refractivity contribution in [3.63, 3.8) is 0 Å². The number of hydrogen-bond donors (Lipinski definition) is 2. The van der Waals surface area contributed by atoms with E-state index in [-0.39, 0.29) is 16.9 Å². The van der Waals surface area contributed by atoms with Crippen LogP contribution in [0.4, 0.5) is 0 Å². The molecule has 1 aromatic carbocycles. The van der Waals surface area contributed by atoms with Crippen LogP contribution in [0.3, 0.4) is 0 Å². The predicted molar refractivity (Wildman–Crippen MR) is 145 cm³/mol. The minimum absolute atomic E-state index is 0.0213. The molecule has 1 aromatic rings. The van der Waals surface area contributed by atoms with E-state index < -0.39 is 0 Å². The van der Waals surface area contributed by atoms with Crippen LogP contribution in [0, 0.1) is 16.7 Å². The highest BCUT2D eigenvalue weighted by Crippen LogP contribution is 2.53. The quantitative estimate of drug-likeness (QED) is 0.308. The van der Waals surface area contributed by atoms with Crippen molar-refractivity contribution < 1.29 is 0 Å². The molecule has 1 aliphatic carbocycles. The Morgan fingerprint density at radius 2 is 1.97 bits per heavy atom. The number of allylic oxidation sites excluding steroid dienone is 4. The molecule has 1 heterocycles. The predicted octanol–water partition coefficient (Wildman–Crippen LogP) is 8.26. The summed E-state index contributed by atoms with van der Waals surface area (Å²) in [5.41, 5.74) is 7.94. The molecule has 1 aliphatic heterocycles. The molecule has 1 saturated carbocycles. The summed E-state index contributed by atoms with van der Waals surface area (Å²) in [7, 11) is 0. The molecule has 4 unspecified atom stereocenters. The number of nitrogens with one attached hydrogen (secondary N) is 1. The largest absolute Gasteiger partial charge is 0.326 e. The summed E-state index contributed by atoms with van der Waals surface area (Å²) in [5, 5.41) is 4.73. The maximum Gasteiger partial charge on any atom is 0.0731 e. The summed E-state index contributed by atoms with van der Waals surface area (Å²) < 4.78 is 0.